The first-order chi connectivity index (χ1) is 8.84. The lowest BCUT2D eigenvalue weighted by Gasteiger charge is -2.35. The van der Waals surface area contributed by atoms with Crippen LogP contribution in [-0.4, -0.2) is 34.1 Å². The van der Waals surface area contributed by atoms with Crippen molar-refractivity contribution in [2.75, 3.05) is 19.6 Å². The molecule has 3 heterocycles. The molecule has 1 fully saturated rings. The largest absolute Gasteiger partial charge is 0.337 e. The monoisotopic (exact) mass is 262 g/mol. The third-order valence-electron chi connectivity index (χ3n) is 3.45. The van der Waals surface area contributed by atoms with Crippen molar-refractivity contribution >= 4 is 11.3 Å². The van der Waals surface area contributed by atoms with E-state index in [2.05, 4.69) is 44.3 Å². The molecule has 0 aliphatic carbocycles. The number of aryl methyl sites for hydroxylation is 1. The van der Waals surface area contributed by atoms with Crippen molar-refractivity contribution in [2.24, 2.45) is 7.05 Å². The summed E-state index contributed by atoms with van der Waals surface area (Å²) in [7, 11) is 2.07. The molecule has 5 heteroatoms. The zero-order valence-corrected chi connectivity index (χ0v) is 11.4. The molecule has 2 aromatic heterocycles. The minimum absolute atomic E-state index is 0.376. The molecule has 1 aliphatic rings. The summed E-state index contributed by atoms with van der Waals surface area (Å²) < 4.78 is 2.12. The molecular weight excluding hydrogens is 244 g/mol. The van der Waals surface area contributed by atoms with Crippen molar-refractivity contribution in [3.05, 3.63) is 40.6 Å². The Bertz CT molecular complexity index is 491. The molecular formula is C13H18N4S. The molecule has 1 N–H and O–H groups in total. The fourth-order valence-corrected chi connectivity index (χ4v) is 3.22. The van der Waals surface area contributed by atoms with Crippen LogP contribution in [0.2, 0.25) is 0 Å². The molecule has 0 aromatic carbocycles. The first-order valence-corrected chi connectivity index (χ1v) is 7.17. The summed E-state index contributed by atoms with van der Waals surface area (Å²) in [5.74, 6) is 1.15. The third-order valence-corrected chi connectivity index (χ3v) is 4.31. The van der Waals surface area contributed by atoms with Crippen LogP contribution in [0.25, 0.3) is 0 Å². The van der Waals surface area contributed by atoms with Gasteiger partial charge in [0.2, 0.25) is 0 Å². The van der Waals surface area contributed by atoms with E-state index < -0.39 is 0 Å². The van der Waals surface area contributed by atoms with Crippen LogP contribution >= 0.6 is 11.3 Å². The predicted molar refractivity (Wildman–Crippen MR) is 73.5 cm³/mol. The number of rotatable bonds is 3. The lowest BCUT2D eigenvalue weighted by Crippen LogP contribution is -2.46. The van der Waals surface area contributed by atoms with Crippen LogP contribution in [0.4, 0.5) is 0 Å². The highest BCUT2D eigenvalue weighted by Crippen LogP contribution is 2.23. The minimum Gasteiger partial charge on any atom is -0.337 e. The molecule has 1 aliphatic heterocycles. The first kappa shape index (κ1) is 11.9. The van der Waals surface area contributed by atoms with Gasteiger partial charge in [-0.25, -0.2) is 4.98 Å². The Balaban J connectivity index is 1.80. The summed E-state index contributed by atoms with van der Waals surface area (Å²) in [6.45, 7) is 4.15. The van der Waals surface area contributed by atoms with Gasteiger partial charge in [-0.15, -0.1) is 11.3 Å². The van der Waals surface area contributed by atoms with Crippen LogP contribution < -0.4 is 5.32 Å². The molecule has 4 nitrogen and oxygen atoms in total. The molecule has 0 spiro atoms. The van der Waals surface area contributed by atoms with Gasteiger partial charge < -0.3 is 9.88 Å². The summed E-state index contributed by atoms with van der Waals surface area (Å²) >= 11 is 1.83. The van der Waals surface area contributed by atoms with Gasteiger partial charge in [0.15, 0.2) is 0 Å². The smallest absolute Gasteiger partial charge is 0.127 e. The fraction of sp³-hybridized carbons (Fsp3) is 0.462. The van der Waals surface area contributed by atoms with E-state index in [0.29, 0.717) is 6.04 Å². The number of imidazole rings is 1. The Morgan fingerprint density at radius 3 is 3.22 bits per heavy atom. The number of thiophene rings is 1. The Hall–Kier alpha value is -1.17. The molecule has 1 atom stereocenters. The van der Waals surface area contributed by atoms with Crippen LogP contribution in [-0.2, 0) is 13.6 Å². The van der Waals surface area contributed by atoms with E-state index in [1.54, 1.807) is 0 Å². The van der Waals surface area contributed by atoms with Crippen LogP contribution in [0.1, 0.15) is 16.7 Å². The van der Waals surface area contributed by atoms with Gasteiger partial charge in [-0.05, 0) is 11.4 Å². The minimum atomic E-state index is 0.376. The summed E-state index contributed by atoms with van der Waals surface area (Å²) in [5.41, 5.74) is 0. The molecule has 0 saturated carbocycles. The predicted octanol–water partition coefficient (Wildman–Crippen LogP) is 1.63. The highest BCUT2D eigenvalue weighted by Gasteiger charge is 2.26. The maximum atomic E-state index is 4.50. The average Bonchev–Trinajstić information content (AvgIpc) is 3.02. The van der Waals surface area contributed by atoms with Gasteiger partial charge in [0.1, 0.15) is 5.82 Å². The van der Waals surface area contributed by atoms with Crippen LogP contribution in [0.5, 0.6) is 0 Å². The lowest BCUT2D eigenvalue weighted by molar-refractivity contribution is 0.146. The number of hydrogen-bond donors (Lipinski definition) is 1. The van der Waals surface area contributed by atoms with Crippen molar-refractivity contribution in [3.8, 4) is 0 Å². The molecule has 18 heavy (non-hydrogen) atoms. The molecule has 2 aromatic rings. The number of aromatic nitrogens is 2. The molecule has 1 unspecified atom stereocenters. The molecule has 0 bridgehead atoms. The van der Waals surface area contributed by atoms with Gasteiger partial charge in [-0.2, -0.15) is 0 Å². The van der Waals surface area contributed by atoms with E-state index in [9.17, 15) is 0 Å². The molecule has 0 radical (unpaired) electrons. The van der Waals surface area contributed by atoms with E-state index in [4.69, 9.17) is 0 Å². The normalized spacial score (nSPS) is 21.3. The Morgan fingerprint density at radius 2 is 2.50 bits per heavy atom. The summed E-state index contributed by atoms with van der Waals surface area (Å²) in [6, 6.07) is 4.71. The quantitative estimate of drug-likeness (QED) is 0.912. The Morgan fingerprint density at radius 1 is 1.56 bits per heavy atom. The number of nitrogens with zero attached hydrogens (tertiary/aromatic N) is 3. The highest BCUT2D eigenvalue weighted by atomic mass is 32.1. The molecule has 3 rings (SSSR count). The topological polar surface area (TPSA) is 33.1 Å². The van der Waals surface area contributed by atoms with Gasteiger partial charge in [-0.3, -0.25) is 4.90 Å². The summed E-state index contributed by atoms with van der Waals surface area (Å²) in [6.07, 6.45) is 3.90. The van der Waals surface area contributed by atoms with Crippen molar-refractivity contribution in [1.82, 2.24) is 19.8 Å². The van der Waals surface area contributed by atoms with E-state index in [0.717, 1.165) is 32.0 Å². The van der Waals surface area contributed by atoms with E-state index in [-0.39, 0.29) is 0 Å². The van der Waals surface area contributed by atoms with Crippen LogP contribution in [0.15, 0.2) is 29.9 Å². The summed E-state index contributed by atoms with van der Waals surface area (Å²) in [4.78, 5) is 8.45. The highest BCUT2D eigenvalue weighted by molar-refractivity contribution is 7.09. The van der Waals surface area contributed by atoms with E-state index in [1.807, 2.05) is 23.7 Å². The Labute approximate surface area is 111 Å². The van der Waals surface area contributed by atoms with Crippen LogP contribution in [0.3, 0.4) is 0 Å². The number of piperazine rings is 1. The second kappa shape index (κ2) is 5.22. The van der Waals surface area contributed by atoms with Gasteiger partial charge in [0.25, 0.3) is 0 Å². The first-order valence-electron chi connectivity index (χ1n) is 6.29. The maximum absolute atomic E-state index is 4.50. The van der Waals surface area contributed by atoms with Gasteiger partial charge in [0.05, 0.1) is 6.04 Å². The number of hydrogen-bond acceptors (Lipinski definition) is 4. The number of nitrogens with one attached hydrogen (secondary N) is 1. The average molecular weight is 262 g/mol. The second-order valence-corrected chi connectivity index (χ2v) is 5.70. The van der Waals surface area contributed by atoms with E-state index >= 15 is 0 Å². The maximum Gasteiger partial charge on any atom is 0.127 e. The zero-order valence-electron chi connectivity index (χ0n) is 10.5. The van der Waals surface area contributed by atoms with Crippen molar-refractivity contribution < 1.29 is 0 Å². The summed E-state index contributed by atoms with van der Waals surface area (Å²) in [5, 5.41) is 5.61. The third kappa shape index (κ3) is 2.34. The van der Waals surface area contributed by atoms with Crippen molar-refractivity contribution in [2.45, 2.75) is 12.6 Å². The second-order valence-electron chi connectivity index (χ2n) is 4.67. The fourth-order valence-electron chi connectivity index (χ4n) is 2.49. The molecule has 0 amide bonds. The van der Waals surface area contributed by atoms with Crippen LogP contribution in [0, 0.1) is 0 Å². The van der Waals surface area contributed by atoms with Gasteiger partial charge >= 0.3 is 0 Å². The van der Waals surface area contributed by atoms with E-state index in [1.165, 1.54) is 4.88 Å². The molecule has 1 saturated heterocycles. The van der Waals surface area contributed by atoms with Crippen molar-refractivity contribution in [3.63, 3.8) is 0 Å². The lowest BCUT2D eigenvalue weighted by atomic mass is 10.1. The van der Waals surface area contributed by atoms with Gasteiger partial charge in [0, 0.05) is 50.5 Å². The standard InChI is InChI=1S/C13H18N4S/c1-16-6-5-15-13(16)12-9-14-4-7-17(12)10-11-3-2-8-18-11/h2-3,5-6,8,12,14H,4,7,9-10H2,1H3. The Kier molecular flexibility index (Phi) is 3.45. The zero-order chi connectivity index (χ0) is 12.4. The molecule has 96 valence electrons. The van der Waals surface area contributed by atoms with Gasteiger partial charge in [-0.1, -0.05) is 6.07 Å². The SMILES string of the molecule is Cn1ccnc1C1CNCCN1Cc1cccs1. The van der Waals surface area contributed by atoms with Crippen molar-refractivity contribution in [1.29, 1.82) is 0 Å².